The van der Waals surface area contributed by atoms with E-state index in [0.29, 0.717) is 19.4 Å². The van der Waals surface area contributed by atoms with Gasteiger partial charge in [0.15, 0.2) is 0 Å². The second-order valence-electron chi connectivity index (χ2n) is 7.57. The number of carbonyl (C=O) groups is 2. The number of aliphatic carboxylic acids is 1. The predicted molar refractivity (Wildman–Crippen MR) is 96.5 cm³/mol. The van der Waals surface area contributed by atoms with Crippen LogP contribution in [0, 0.1) is 5.92 Å². The number of carboxylic acid groups (broad SMARTS) is 1. The van der Waals surface area contributed by atoms with Gasteiger partial charge in [-0.1, -0.05) is 43.2 Å². The van der Waals surface area contributed by atoms with Gasteiger partial charge in [-0.05, 0) is 44.1 Å². The number of rotatable bonds is 5. The predicted octanol–water partition coefficient (Wildman–Crippen LogP) is 3.44. The molecule has 5 heteroatoms. The summed E-state index contributed by atoms with van der Waals surface area (Å²) in [6, 6.07) is 10.5. The van der Waals surface area contributed by atoms with Crippen molar-refractivity contribution in [2.75, 3.05) is 6.54 Å². The van der Waals surface area contributed by atoms with Crippen LogP contribution in [-0.2, 0) is 10.2 Å². The van der Waals surface area contributed by atoms with Gasteiger partial charge < -0.3 is 15.7 Å². The average molecular weight is 344 g/mol. The molecule has 0 bridgehead atoms. The first-order chi connectivity index (χ1) is 12.1. The Morgan fingerprint density at radius 1 is 1.04 bits per heavy atom. The maximum atomic E-state index is 12.3. The molecule has 1 aromatic rings. The fraction of sp³-hybridized carbons (Fsp3) is 0.600. The van der Waals surface area contributed by atoms with E-state index in [2.05, 4.69) is 34.9 Å². The smallest absolute Gasteiger partial charge is 0.315 e. The molecule has 2 aliphatic carbocycles. The minimum atomic E-state index is -0.714. The van der Waals surface area contributed by atoms with E-state index in [9.17, 15) is 9.59 Å². The molecular weight excluding hydrogens is 316 g/mol. The number of amides is 2. The SMILES string of the molecule is O=C(NCC1(c2ccccc2)CCCC1)NC1CCC(C(=O)O)CC1. The van der Waals surface area contributed by atoms with Gasteiger partial charge in [0.25, 0.3) is 0 Å². The lowest BCUT2D eigenvalue weighted by Gasteiger charge is -2.31. The highest BCUT2D eigenvalue weighted by atomic mass is 16.4. The highest BCUT2D eigenvalue weighted by Gasteiger charge is 2.36. The second kappa shape index (κ2) is 7.89. The van der Waals surface area contributed by atoms with E-state index in [-0.39, 0.29) is 23.4 Å². The monoisotopic (exact) mass is 344 g/mol. The average Bonchev–Trinajstić information content (AvgIpc) is 3.11. The van der Waals surface area contributed by atoms with Crippen molar-refractivity contribution in [3.05, 3.63) is 35.9 Å². The summed E-state index contributed by atoms with van der Waals surface area (Å²) in [5.74, 6) is -0.963. The maximum Gasteiger partial charge on any atom is 0.315 e. The Morgan fingerprint density at radius 2 is 1.68 bits per heavy atom. The molecule has 2 fully saturated rings. The van der Waals surface area contributed by atoms with Crippen LogP contribution < -0.4 is 10.6 Å². The van der Waals surface area contributed by atoms with E-state index < -0.39 is 5.97 Å². The summed E-state index contributed by atoms with van der Waals surface area (Å²) in [7, 11) is 0. The molecule has 136 valence electrons. The van der Waals surface area contributed by atoms with Gasteiger partial charge >= 0.3 is 12.0 Å². The Hall–Kier alpha value is -2.04. The number of urea groups is 1. The van der Waals surface area contributed by atoms with Crippen molar-refractivity contribution < 1.29 is 14.7 Å². The van der Waals surface area contributed by atoms with Gasteiger partial charge in [-0.25, -0.2) is 4.79 Å². The van der Waals surface area contributed by atoms with Crippen LogP contribution in [0.2, 0.25) is 0 Å². The van der Waals surface area contributed by atoms with E-state index in [4.69, 9.17) is 5.11 Å². The lowest BCUT2D eigenvalue weighted by Crippen LogP contribution is -2.48. The molecule has 2 amide bonds. The lowest BCUT2D eigenvalue weighted by atomic mass is 9.79. The summed E-state index contributed by atoms with van der Waals surface area (Å²) in [5.41, 5.74) is 1.37. The van der Waals surface area contributed by atoms with Gasteiger partial charge in [0.2, 0.25) is 0 Å². The Morgan fingerprint density at radius 3 is 2.28 bits per heavy atom. The summed E-state index contributed by atoms with van der Waals surface area (Å²) in [6.45, 7) is 0.660. The van der Waals surface area contributed by atoms with Crippen LogP contribution in [0.15, 0.2) is 30.3 Å². The Kier molecular flexibility index (Phi) is 5.61. The zero-order valence-electron chi connectivity index (χ0n) is 14.7. The van der Waals surface area contributed by atoms with Gasteiger partial charge in [-0.15, -0.1) is 0 Å². The molecule has 0 aromatic heterocycles. The Bertz CT molecular complexity index is 588. The van der Waals surface area contributed by atoms with Crippen molar-refractivity contribution >= 4 is 12.0 Å². The number of hydrogen-bond donors (Lipinski definition) is 3. The normalized spacial score (nSPS) is 25.3. The summed E-state index contributed by atoms with van der Waals surface area (Å²) < 4.78 is 0. The topological polar surface area (TPSA) is 78.4 Å². The molecule has 2 aliphatic rings. The zero-order valence-corrected chi connectivity index (χ0v) is 14.7. The molecule has 0 spiro atoms. The van der Waals surface area contributed by atoms with Crippen LogP contribution in [0.5, 0.6) is 0 Å². The molecule has 3 N–H and O–H groups in total. The highest BCUT2D eigenvalue weighted by molar-refractivity contribution is 5.74. The van der Waals surface area contributed by atoms with Crippen molar-refractivity contribution in [1.29, 1.82) is 0 Å². The van der Waals surface area contributed by atoms with Crippen LogP contribution in [0.1, 0.15) is 56.9 Å². The number of carbonyl (C=O) groups excluding carboxylic acids is 1. The fourth-order valence-electron chi connectivity index (χ4n) is 4.38. The third kappa shape index (κ3) is 4.33. The van der Waals surface area contributed by atoms with Crippen LogP contribution in [0.3, 0.4) is 0 Å². The van der Waals surface area contributed by atoms with Crippen molar-refractivity contribution in [2.45, 2.75) is 62.8 Å². The largest absolute Gasteiger partial charge is 0.481 e. The van der Waals surface area contributed by atoms with Gasteiger partial charge in [-0.3, -0.25) is 4.79 Å². The van der Waals surface area contributed by atoms with Crippen LogP contribution in [0.25, 0.3) is 0 Å². The van der Waals surface area contributed by atoms with Crippen molar-refractivity contribution in [2.24, 2.45) is 5.92 Å². The van der Waals surface area contributed by atoms with E-state index in [0.717, 1.165) is 25.7 Å². The van der Waals surface area contributed by atoms with E-state index >= 15 is 0 Å². The number of nitrogens with one attached hydrogen (secondary N) is 2. The third-order valence-electron chi connectivity index (χ3n) is 5.95. The Balaban J connectivity index is 1.50. The van der Waals surface area contributed by atoms with Gasteiger partial charge in [-0.2, -0.15) is 0 Å². The molecule has 0 saturated heterocycles. The van der Waals surface area contributed by atoms with Crippen LogP contribution in [0.4, 0.5) is 4.79 Å². The molecule has 2 saturated carbocycles. The molecule has 0 unspecified atom stereocenters. The van der Waals surface area contributed by atoms with Gasteiger partial charge in [0.1, 0.15) is 0 Å². The molecular formula is C20H28N2O3. The number of benzene rings is 1. The first kappa shape index (κ1) is 17.8. The molecule has 5 nitrogen and oxygen atoms in total. The Labute approximate surface area is 149 Å². The first-order valence-corrected chi connectivity index (χ1v) is 9.42. The molecule has 3 rings (SSSR count). The highest BCUT2D eigenvalue weighted by Crippen LogP contribution is 2.40. The quantitative estimate of drug-likeness (QED) is 0.765. The third-order valence-corrected chi connectivity index (χ3v) is 5.95. The minimum absolute atomic E-state index is 0.0551. The first-order valence-electron chi connectivity index (χ1n) is 9.42. The van der Waals surface area contributed by atoms with Crippen molar-refractivity contribution in [3.8, 4) is 0 Å². The molecule has 25 heavy (non-hydrogen) atoms. The summed E-state index contributed by atoms with van der Waals surface area (Å²) >= 11 is 0. The van der Waals surface area contributed by atoms with Crippen molar-refractivity contribution in [1.82, 2.24) is 10.6 Å². The summed E-state index contributed by atoms with van der Waals surface area (Å²) in [5, 5.41) is 15.2. The van der Waals surface area contributed by atoms with Crippen LogP contribution >= 0.6 is 0 Å². The molecule has 0 atom stereocenters. The minimum Gasteiger partial charge on any atom is -0.481 e. The van der Waals surface area contributed by atoms with Crippen LogP contribution in [-0.4, -0.2) is 29.7 Å². The summed E-state index contributed by atoms with van der Waals surface area (Å²) in [4.78, 5) is 23.3. The summed E-state index contributed by atoms with van der Waals surface area (Å²) in [6.07, 6.45) is 7.42. The molecule has 0 aliphatic heterocycles. The lowest BCUT2D eigenvalue weighted by molar-refractivity contribution is -0.142. The maximum absolute atomic E-state index is 12.3. The molecule has 0 heterocycles. The number of hydrogen-bond acceptors (Lipinski definition) is 2. The van der Waals surface area contributed by atoms with Gasteiger partial charge in [0, 0.05) is 18.0 Å². The van der Waals surface area contributed by atoms with E-state index in [1.165, 1.54) is 18.4 Å². The van der Waals surface area contributed by atoms with Gasteiger partial charge in [0.05, 0.1) is 5.92 Å². The second-order valence-corrected chi connectivity index (χ2v) is 7.57. The molecule has 0 radical (unpaired) electrons. The van der Waals surface area contributed by atoms with E-state index in [1.54, 1.807) is 0 Å². The zero-order chi connectivity index (χ0) is 17.7. The molecule has 1 aromatic carbocycles. The van der Waals surface area contributed by atoms with E-state index in [1.807, 2.05) is 6.07 Å². The standard InChI is InChI=1S/C20H28N2O3/c23-18(24)15-8-10-17(11-9-15)22-19(25)21-14-20(12-4-5-13-20)16-6-2-1-3-7-16/h1-3,6-7,15,17H,4-5,8-14H2,(H,23,24)(H2,21,22,25). The number of carboxylic acids is 1. The fourth-order valence-corrected chi connectivity index (χ4v) is 4.38. The van der Waals surface area contributed by atoms with Crippen molar-refractivity contribution in [3.63, 3.8) is 0 Å².